The van der Waals surface area contributed by atoms with Gasteiger partial charge in [-0.1, -0.05) is 17.7 Å². The second kappa shape index (κ2) is 5.59. The van der Waals surface area contributed by atoms with E-state index in [-0.39, 0.29) is 11.4 Å². The molecule has 0 saturated carbocycles. The number of nitrogens with one attached hydrogen (secondary N) is 1. The summed E-state index contributed by atoms with van der Waals surface area (Å²) < 4.78 is 14.1. The second-order valence-electron chi connectivity index (χ2n) is 3.78. The number of amides is 1. The van der Waals surface area contributed by atoms with E-state index >= 15 is 0 Å². The van der Waals surface area contributed by atoms with Crippen LogP contribution in [0.3, 0.4) is 0 Å². The molecule has 3 nitrogen and oxygen atoms in total. The number of hydrogen-bond donors (Lipinski definition) is 2. The lowest BCUT2D eigenvalue weighted by molar-refractivity contribution is 0.102. The van der Waals surface area contributed by atoms with Crippen LogP contribution in [0, 0.1) is 5.82 Å². The lowest BCUT2D eigenvalue weighted by Gasteiger charge is -2.10. The van der Waals surface area contributed by atoms with Crippen molar-refractivity contribution in [2.75, 3.05) is 11.1 Å². The first-order valence-electron chi connectivity index (χ1n) is 5.29. The van der Waals surface area contributed by atoms with Crippen LogP contribution in [-0.2, 0) is 0 Å². The zero-order valence-electron chi connectivity index (χ0n) is 9.58. The molecule has 1 amide bonds. The van der Waals surface area contributed by atoms with E-state index in [1.807, 2.05) is 0 Å². The molecule has 6 heteroatoms. The fourth-order valence-corrected chi connectivity index (χ4v) is 2.12. The Morgan fingerprint density at radius 2 is 2.05 bits per heavy atom. The molecule has 0 aliphatic rings. The Morgan fingerprint density at radius 1 is 1.32 bits per heavy atom. The van der Waals surface area contributed by atoms with Crippen LogP contribution >= 0.6 is 27.5 Å². The third-order valence-electron chi connectivity index (χ3n) is 2.46. The fourth-order valence-electron chi connectivity index (χ4n) is 1.53. The number of carbonyl (C=O) groups excluding carboxylic acids is 1. The van der Waals surface area contributed by atoms with Gasteiger partial charge in [-0.25, -0.2) is 4.39 Å². The molecule has 2 aromatic carbocycles. The summed E-state index contributed by atoms with van der Waals surface area (Å²) in [5.41, 5.74) is 6.04. The number of carbonyl (C=O) groups is 1. The first-order valence-corrected chi connectivity index (χ1v) is 6.46. The molecule has 19 heavy (non-hydrogen) atoms. The van der Waals surface area contributed by atoms with Crippen LogP contribution in [0.25, 0.3) is 0 Å². The molecule has 2 rings (SSSR count). The molecule has 0 aliphatic heterocycles. The van der Waals surface area contributed by atoms with Crippen molar-refractivity contribution in [1.82, 2.24) is 0 Å². The highest BCUT2D eigenvalue weighted by molar-refractivity contribution is 9.10. The van der Waals surface area contributed by atoms with Gasteiger partial charge in [-0.2, -0.15) is 0 Å². The maximum Gasteiger partial charge on any atom is 0.256 e. The van der Waals surface area contributed by atoms with E-state index in [9.17, 15) is 9.18 Å². The van der Waals surface area contributed by atoms with Crippen molar-refractivity contribution in [1.29, 1.82) is 0 Å². The highest BCUT2D eigenvalue weighted by Gasteiger charge is 2.14. The summed E-state index contributed by atoms with van der Waals surface area (Å²) >= 11 is 9.06. The molecule has 0 bridgehead atoms. The Balaban J connectivity index is 2.34. The summed E-state index contributed by atoms with van der Waals surface area (Å²) in [6.07, 6.45) is 0. The standard InChI is InChI=1S/C13H9BrClFN2O/c14-9-5-4-7(15)6-8(9)13(19)18-12-10(16)2-1-3-11(12)17/h1-6H,17H2,(H,18,19). The van der Waals surface area contributed by atoms with Crippen LogP contribution in [0.15, 0.2) is 40.9 Å². The number of hydrogen-bond acceptors (Lipinski definition) is 2. The van der Waals surface area contributed by atoms with Crippen molar-refractivity contribution in [3.63, 3.8) is 0 Å². The average Bonchev–Trinajstić information content (AvgIpc) is 2.37. The van der Waals surface area contributed by atoms with Gasteiger partial charge in [0.05, 0.1) is 11.3 Å². The predicted octanol–water partition coefficient (Wildman–Crippen LogP) is 4.08. The minimum absolute atomic E-state index is 0.0422. The van der Waals surface area contributed by atoms with Crippen LogP contribution in [0.1, 0.15) is 10.4 Å². The van der Waals surface area contributed by atoms with E-state index in [2.05, 4.69) is 21.2 Å². The molecule has 0 spiro atoms. The van der Waals surface area contributed by atoms with Crippen LogP contribution < -0.4 is 11.1 Å². The molecule has 0 aliphatic carbocycles. The predicted molar refractivity (Wildman–Crippen MR) is 77.9 cm³/mol. The van der Waals surface area contributed by atoms with Crippen LogP contribution in [-0.4, -0.2) is 5.91 Å². The van der Waals surface area contributed by atoms with Crippen molar-refractivity contribution in [3.8, 4) is 0 Å². The van der Waals surface area contributed by atoms with Gasteiger partial charge < -0.3 is 11.1 Å². The van der Waals surface area contributed by atoms with Gasteiger partial charge in [0, 0.05) is 9.50 Å². The van der Waals surface area contributed by atoms with Gasteiger partial charge in [-0.05, 0) is 46.3 Å². The topological polar surface area (TPSA) is 55.1 Å². The molecule has 0 atom stereocenters. The number of para-hydroxylation sites is 1. The molecule has 0 heterocycles. The van der Waals surface area contributed by atoms with Crippen molar-refractivity contribution in [2.45, 2.75) is 0 Å². The normalized spacial score (nSPS) is 10.3. The van der Waals surface area contributed by atoms with E-state index in [0.29, 0.717) is 15.1 Å². The molecule has 0 radical (unpaired) electrons. The summed E-state index contributed by atoms with van der Waals surface area (Å²) in [5.74, 6) is -1.09. The number of anilines is 2. The Bertz CT molecular complexity index is 628. The van der Waals surface area contributed by atoms with Crippen LogP contribution in [0.5, 0.6) is 0 Å². The van der Waals surface area contributed by atoms with Crippen molar-refractivity contribution >= 4 is 44.8 Å². The third-order valence-corrected chi connectivity index (χ3v) is 3.38. The summed E-state index contributed by atoms with van der Waals surface area (Å²) in [5, 5.41) is 2.85. The highest BCUT2D eigenvalue weighted by Crippen LogP contribution is 2.25. The van der Waals surface area contributed by atoms with E-state index < -0.39 is 11.7 Å². The number of rotatable bonds is 2. The Morgan fingerprint density at radius 3 is 2.74 bits per heavy atom. The van der Waals surface area contributed by atoms with Crippen molar-refractivity contribution in [2.24, 2.45) is 0 Å². The third kappa shape index (κ3) is 3.05. The molecular formula is C13H9BrClFN2O. The number of halogens is 3. The molecule has 0 aromatic heterocycles. The smallest absolute Gasteiger partial charge is 0.256 e. The van der Waals surface area contributed by atoms with Gasteiger partial charge >= 0.3 is 0 Å². The zero-order chi connectivity index (χ0) is 14.0. The quantitative estimate of drug-likeness (QED) is 0.807. The lowest BCUT2D eigenvalue weighted by atomic mass is 10.2. The van der Waals surface area contributed by atoms with E-state index in [1.165, 1.54) is 24.3 Å². The zero-order valence-corrected chi connectivity index (χ0v) is 11.9. The maximum absolute atomic E-state index is 13.6. The Hall–Kier alpha value is -1.59. The summed E-state index contributed by atoms with van der Waals surface area (Å²) in [4.78, 5) is 12.1. The van der Waals surface area contributed by atoms with Crippen molar-refractivity contribution in [3.05, 3.63) is 57.3 Å². The first kappa shape index (κ1) is 13.8. The van der Waals surface area contributed by atoms with Gasteiger partial charge in [-0.3, -0.25) is 4.79 Å². The monoisotopic (exact) mass is 342 g/mol. The number of benzene rings is 2. The number of nitrogen functional groups attached to an aromatic ring is 1. The van der Waals surface area contributed by atoms with E-state index in [0.717, 1.165) is 0 Å². The second-order valence-corrected chi connectivity index (χ2v) is 5.07. The molecule has 0 fully saturated rings. The highest BCUT2D eigenvalue weighted by atomic mass is 79.9. The SMILES string of the molecule is Nc1cccc(F)c1NC(=O)c1cc(Cl)ccc1Br. The maximum atomic E-state index is 13.6. The molecule has 2 aromatic rings. The molecule has 3 N–H and O–H groups in total. The van der Waals surface area contributed by atoms with Gasteiger partial charge in [0.1, 0.15) is 11.5 Å². The minimum Gasteiger partial charge on any atom is -0.397 e. The molecule has 0 unspecified atom stereocenters. The Labute approximate surface area is 122 Å². The van der Waals surface area contributed by atoms with E-state index in [1.54, 1.807) is 12.1 Å². The Kier molecular flexibility index (Phi) is 4.07. The summed E-state index contributed by atoms with van der Waals surface area (Å²) in [6.45, 7) is 0. The molecule has 98 valence electrons. The summed E-state index contributed by atoms with van der Waals surface area (Å²) in [7, 11) is 0. The van der Waals surface area contributed by atoms with E-state index in [4.69, 9.17) is 17.3 Å². The van der Waals surface area contributed by atoms with Gasteiger partial charge in [-0.15, -0.1) is 0 Å². The van der Waals surface area contributed by atoms with Gasteiger partial charge in [0.15, 0.2) is 0 Å². The first-order chi connectivity index (χ1) is 8.99. The van der Waals surface area contributed by atoms with Crippen molar-refractivity contribution < 1.29 is 9.18 Å². The molecular weight excluding hydrogens is 335 g/mol. The lowest BCUT2D eigenvalue weighted by Crippen LogP contribution is -2.15. The minimum atomic E-state index is -0.591. The fraction of sp³-hybridized carbons (Fsp3) is 0. The largest absolute Gasteiger partial charge is 0.397 e. The average molecular weight is 344 g/mol. The number of nitrogens with two attached hydrogens (primary N) is 1. The van der Waals surface area contributed by atoms with Crippen LogP contribution in [0.4, 0.5) is 15.8 Å². The summed E-state index contributed by atoms with van der Waals surface area (Å²) in [6, 6.07) is 8.96. The van der Waals surface area contributed by atoms with Gasteiger partial charge in [0.2, 0.25) is 0 Å². The molecule has 0 saturated heterocycles. The van der Waals surface area contributed by atoms with Gasteiger partial charge in [0.25, 0.3) is 5.91 Å². The van der Waals surface area contributed by atoms with Crippen LogP contribution in [0.2, 0.25) is 5.02 Å².